The topological polar surface area (TPSA) is 72.5 Å². The Morgan fingerprint density at radius 1 is 1.50 bits per heavy atom. The zero-order chi connectivity index (χ0) is 11.0. The lowest BCUT2D eigenvalue weighted by Crippen LogP contribution is -2.35. The molecule has 0 radical (unpaired) electrons. The molecule has 0 fully saturated rings. The van der Waals surface area contributed by atoms with Crippen molar-refractivity contribution in [2.75, 3.05) is 18.1 Å². The number of aliphatic hydroxyl groups is 1. The minimum absolute atomic E-state index is 0.311. The van der Waals surface area contributed by atoms with Crippen molar-refractivity contribution in [3.8, 4) is 0 Å². The first kappa shape index (κ1) is 13.7. The number of ether oxygens (including phenoxy) is 1. The summed E-state index contributed by atoms with van der Waals surface area (Å²) in [5.74, 6) is 0.741. The van der Waals surface area contributed by atoms with E-state index in [0.717, 1.165) is 6.42 Å². The van der Waals surface area contributed by atoms with Crippen molar-refractivity contribution in [2.24, 2.45) is 5.73 Å². The van der Waals surface area contributed by atoms with E-state index in [2.05, 4.69) is 0 Å². The second kappa shape index (κ2) is 8.08. The van der Waals surface area contributed by atoms with Crippen LogP contribution in [0.3, 0.4) is 0 Å². The highest BCUT2D eigenvalue weighted by molar-refractivity contribution is 7.99. The molecule has 0 heterocycles. The van der Waals surface area contributed by atoms with Gasteiger partial charge >= 0.3 is 5.97 Å². The van der Waals surface area contributed by atoms with Crippen molar-refractivity contribution in [2.45, 2.75) is 32.4 Å². The zero-order valence-corrected chi connectivity index (χ0v) is 9.55. The van der Waals surface area contributed by atoms with Crippen LogP contribution < -0.4 is 5.73 Å². The smallest absolute Gasteiger partial charge is 0.323 e. The van der Waals surface area contributed by atoms with Crippen molar-refractivity contribution in [3.05, 3.63) is 0 Å². The summed E-state index contributed by atoms with van der Waals surface area (Å²) in [6.07, 6.45) is 0.413. The van der Waals surface area contributed by atoms with Gasteiger partial charge in [-0.1, -0.05) is 6.92 Å². The molecule has 0 aromatic carbocycles. The Balaban J connectivity index is 3.52. The van der Waals surface area contributed by atoms with Gasteiger partial charge in [0, 0.05) is 11.5 Å². The first-order valence-corrected chi connectivity index (χ1v) is 5.95. The van der Waals surface area contributed by atoms with Gasteiger partial charge in [0.15, 0.2) is 0 Å². The van der Waals surface area contributed by atoms with Gasteiger partial charge in [-0.2, -0.15) is 11.8 Å². The Kier molecular flexibility index (Phi) is 7.93. The van der Waals surface area contributed by atoms with Crippen LogP contribution in [0.5, 0.6) is 0 Å². The third-order valence-electron chi connectivity index (χ3n) is 1.67. The minimum atomic E-state index is -0.580. The molecule has 0 aromatic rings. The van der Waals surface area contributed by atoms with E-state index in [1.54, 1.807) is 6.92 Å². The lowest BCUT2D eigenvalue weighted by Gasteiger charge is -2.11. The summed E-state index contributed by atoms with van der Waals surface area (Å²) in [5, 5.41) is 9.23. The SMILES string of the molecule is CCOC(=O)C(N)CSCC(O)CC. The first-order chi connectivity index (χ1) is 6.61. The molecule has 0 amide bonds. The normalized spacial score (nSPS) is 14.9. The average Bonchev–Trinajstić information content (AvgIpc) is 2.17. The summed E-state index contributed by atoms with van der Waals surface area (Å²) in [4.78, 5) is 11.1. The molecule has 0 bridgehead atoms. The first-order valence-electron chi connectivity index (χ1n) is 4.79. The Hall–Kier alpha value is -0.260. The third-order valence-corrected chi connectivity index (χ3v) is 2.88. The standard InChI is InChI=1S/C9H19NO3S/c1-3-7(11)5-14-6-8(10)9(12)13-4-2/h7-8,11H,3-6,10H2,1-2H3. The van der Waals surface area contributed by atoms with Crippen molar-refractivity contribution in [1.82, 2.24) is 0 Å². The van der Waals surface area contributed by atoms with E-state index < -0.39 is 6.04 Å². The van der Waals surface area contributed by atoms with Crippen LogP contribution in [-0.4, -0.2) is 41.3 Å². The highest BCUT2D eigenvalue weighted by Gasteiger charge is 2.14. The van der Waals surface area contributed by atoms with E-state index in [1.807, 2.05) is 6.92 Å². The molecule has 5 heteroatoms. The van der Waals surface area contributed by atoms with Gasteiger partial charge in [-0.15, -0.1) is 0 Å². The second-order valence-corrected chi connectivity index (χ2v) is 4.03. The van der Waals surface area contributed by atoms with Gasteiger partial charge in [-0.25, -0.2) is 0 Å². The molecule has 0 spiro atoms. The van der Waals surface area contributed by atoms with E-state index in [9.17, 15) is 9.90 Å². The maximum Gasteiger partial charge on any atom is 0.323 e. The van der Waals surface area contributed by atoms with E-state index in [-0.39, 0.29) is 12.1 Å². The fraction of sp³-hybridized carbons (Fsp3) is 0.889. The third kappa shape index (κ3) is 6.23. The summed E-state index contributed by atoms with van der Waals surface area (Å²) < 4.78 is 4.75. The molecule has 4 nitrogen and oxygen atoms in total. The molecule has 14 heavy (non-hydrogen) atoms. The highest BCUT2D eigenvalue weighted by atomic mass is 32.2. The Bertz CT molecular complexity index is 166. The molecule has 0 rings (SSSR count). The minimum Gasteiger partial charge on any atom is -0.465 e. The molecule has 0 saturated carbocycles. The lowest BCUT2D eigenvalue weighted by atomic mass is 10.3. The van der Waals surface area contributed by atoms with Gasteiger partial charge in [-0.05, 0) is 13.3 Å². The fourth-order valence-electron chi connectivity index (χ4n) is 0.766. The largest absolute Gasteiger partial charge is 0.465 e. The Morgan fingerprint density at radius 2 is 2.14 bits per heavy atom. The van der Waals surface area contributed by atoms with Crippen LogP contribution in [0.4, 0.5) is 0 Å². The second-order valence-electron chi connectivity index (χ2n) is 2.96. The predicted octanol–water partition coefficient (Wildman–Crippen LogP) is 0.381. The van der Waals surface area contributed by atoms with Gasteiger partial charge < -0.3 is 15.6 Å². The number of thioether (sulfide) groups is 1. The molecule has 0 aromatic heterocycles. The molecular formula is C9H19NO3S. The molecule has 0 aliphatic rings. The fourth-order valence-corrected chi connectivity index (χ4v) is 1.80. The number of hydrogen-bond acceptors (Lipinski definition) is 5. The van der Waals surface area contributed by atoms with Crippen LogP contribution in [0, 0.1) is 0 Å². The quantitative estimate of drug-likeness (QED) is 0.608. The van der Waals surface area contributed by atoms with Crippen LogP contribution in [0.1, 0.15) is 20.3 Å². The monoisotopic (exact) mass is 221 g/mol. The average molecular weight is 221 g/mol. The lowest BCUT2D eigenvalue weighted by molar-refractivity contribution is -0.144. The molecular weight excluding hydrogens is 202 g/mol. The molecule has 2 atom stereocenters. The number of hydrogen-bond donors (Lipinski definition) is 2. The van der Waals surface area contributed by atoms with E-state index >= 15 is 0 Å². The van der Waals surface area contributed by atoms with E-state index in [4.69, 9.17) is 10.5 Å². The van der Waals surface area contributed by atoms with Gasteiger partial charge in [0.05, 0.1) is 12.7 Å². The molecule has 0 aliphatic heterocycles. The van der Waals surface area contributed by atoms with Crippen LogP contribution in [0.25, 0.3) is 0 Å². The van der Waals surface area contributed by atoms with Gasteiger partial charge in [0.2, 0.25) is 0 Å². The van der Waals surface area contributed by atoms with Gasteiger partial charge in [-0.3, -0.25) is 4.79 Å². The molecule has 0 saturated heterocycles. The maximum absolute atomic E-state index is 11.1. The molecule has 0 aliphatic carbocycles. The molecule has 2 unspecified atom stereocenters. The van der Waals surface area contributed by atoms with Crippen LogP contribution >= 0.6 is 11.8 Å². The summed E-state index contributed by atoms with van der Waals surface area (Å²) in [7, 11) is 0. The number of carbonyl (C=O) groups excluding carboxylic acids is 1. The van der Waals surface area contributed by atoms with E-state index in [1.165, 1.54) is 11.8 Å². The highest BCUT2D eigenvalue weighted by Crippen LogP contribution is 2.07. The summed E-state index contributed by atoms with van der Waals surface area (Å²) in [6.45, 7) is 4.02. The molecule has 84 valence electrons. The predicted molar refractivity (Wildman–Crippen MR) is 58.2 cm³/mol. The van der Waals surface area contributed by atoms with Crippen molar-refractivity contribution >= 4 is 17.7 Å². The van der Waals surface area contributed by atoms with Crippen molar-refractivity contribution in [3.63, 3.8) is 0 Å². The van der Waals surface area contributed by atoms with Gasteiger partial charge in [0.1, 0.15) is 6.04 Å². The van der Waals surface area contributed by atoms with Crippen molar-refractivity contribution < 1.29 is 14.6 Å². The van der Waals surface area contributed by atoms with Crippen LogP contribution in [0.15, 0.2) is 0 Å². The number of carbonyl (C=O) groups is 1. The Morgan fingerprint density at radius 3 is 2.64 bits per heavy atom. The number of rotatable bonds is 7. The van der Waals surface area contributed by atoms with Crippen LogP contribution in [-0.2, 0) is 9.53 Å². The number of esters is 1. The van der Waals surface area contributed by atoms with Gasteiger partial charge in [0.25, 0.3) is 0 Å². The number of aliphatic hydroxyl groups excluding tert-OH is 1. The maximum atomic E-state index is 11.1. The summed E-state index contributed by atoms with van der Waals surface area (Å²) in [6, 6.07) is -0.580. The Labute approximate surface area is 89.2 Å². The van der Waals surface area contributed by atoms with E-state index in [0.29, 0.717) is 18.1 Å². The van der Waals surface area contributed by atoms with Crippen LogP contribution in [0.2, 0.25) is 0 Å². The number of nitrogens with two attached hydrogens (primary N) is 1. The summed E-state index contributed by atoms with van der Waals surface area (Å²) >= 11 is 1.47. The zero-order valence-electron chi connectivity index (χ0n) is 8.73. The van der Waals surface area contributed by atoms with Crippen molar-refractivity contribution in [1.29, 1.82) is 0 Å². The molecule has 3 N–H and O–H groups in total. The summed E-state index contributed by atoms with van der Waals surface area (Å²) in [5.41, 5.74) is 5.55.